The second kappa shape index (κ2) is 10.5. The van der Waals surface area contributed by atoms with E-state index in [0.29, 0.717) is 31.4 Å². The maximum absolute atomic E-state index is 13.4. The number of rotatable bonds is 6. The molecule has 2 amide bonds. The first-order valence-corrected chi connectivity index (χ1v) is 13.2. The number of carbonyl (C=O) groups is 2. The highest BCUT2D eigenvalue weighted by Crippen LogP contribution is 2.43. The van der Waals surface area contributed by atoms with Gasteiger partial charge >= 0.3 is 6.36 Å². The standard InChI is InChI=1S/C28H33F3N4O3/c1-2-33-16-18-34(19-17-33)21-11-9-20(10-12-21)25(36)32-27-13-5-8-24(27)35(15-14-27)26(37)22-6-3-4-7-23(22)38-28(29,30)31/h3-4,6-7,9-12,24H,2,5,8,13-19H2,1H3,(H,32,36)/t24-,27+/m0/s1. The summed E-state index contributed by atoms with van der Waals surface area (Å²) < 4.78 is 42.8. The number of likely N-dealkylation sites (tertiary alicyclic amines) is 1. The predicted molar refractivity (Wildman–Crippen MR) is 137 cm³/mol. The average molecular weight is 531 g/mol. The number of piperazine rings is 1. The van der Waals surface area contributed by atoms with Gasteiger partial charge in [0.2, 0.25) is 0 Å². The molecule has 0 radical (unpaired) electrons. The number of carbonyl (C=O) groups excluding carboxylic acids is 2. The smallest absolute Gasteiger partial charge is 0.405 e. The van der Waals surface area contributed by atoms with Crippen LogP contribution in [-0.2, 0) is 0 Å². The van der Waals surface area contributed by atoms with E-state index < -0.39 is 23.6 Å². The number of alkyl halides is 3. The molecule has 3 fully saturated rings. The summed E-state index contributed by atoms with van der Waals surface area (Å²) in [5.41, 5.74) is 0.914. The summed E-state index contributed by atoms with van der Waals surface area (Å²) in [6.45, 7) is 7.50. The largest absolute Gasteiger partial charge is 0.573 e. The van der Waals surface area contributed by atoms with Crippen molar-refractivity contribution < 1.29 is 27.5 Å². The normalized spacial score (nSPS) is 23.8. The number of ether oxygens (including phenoxy) is 1. The number of amides is 2. The monoisotopic (exact) mass is 530 g/mol. The topological polar surface area (TPSA) is 65.1 Å². The van der Waals surface area contributed by atoms with E-state index in [2.05, 4.69) is 26.8 Å². The van der Waals surface area contributed by atoms with Gasteiger partial charge in [-0.05, 0) is 68.6 Å². The molecule has 7 nitrogen and oxygen atoms in total. The zero-order valence-electron chi connectivity index (χ0n) is 21.5. The quantitative estimate of drug-likeness (QED) is 0.604. The van der Waals surface area contributed by atoms with Gasteiger partial charge in [0.1, 0.15) is 5.75 Å². The zero-order chi connectivity index (χ0) is 26.9. The molecule has 2 aliphatic heterocycles. The van der Waals surface area contributed by atoms with Crippen LogP contribution < -0.4 is 15.0 Å². The minimum atomic E-state index is -4.90. The summed E-state index contributed by atoms with van der Waals surface area (Å²) in [6.07, 6.45) is -2.13. The molecule has 10 heteroatoms. The van der Waals surface area contributed by atoms with Gasteiger partial charge in [0, 0.05) is 44.0 Å². The summed E-state index contributed by atoms with van der Waals surface area (Å²) in [7, 11) is 0. The molecule has 1 aliphatic carbocycles. The van der Waals surface area contributed by atoms with Gasteiger partial charge in [0.05, 0.1) is 17.1 Å². The van der Waals surface area contributed by atoms with Crippen LogP contribution in [0.25, 0.3) is 0 Å². The Morgan fingerprint density at radius 3 is 2.39 bits per heavy atom. The minimum absolute atomic E-state index is 0.130. The summed E-state index contributed by atoms with van der Waals surface area (Å²) in [4.78, 5) is 33.0. The van der Waals surface area contributed by atoms with E-state index in [9.17, 15) is 22.8 Å². The second-order valence-corrected chi connectivity index (χ2v) is 10.3. The Hall–Kier alpha value is -3.27. The minimum Gasteiger partial charge on any atom is -0.405 e. The van der Waals surface area contributed by atoms with Gasteiger partial charge in [-0.25, -0.2) is 0 Å². The van der Waals surface area contributed by atoms with Gasteiger partial charge in [-0.3, -0.25) is 9.59 Å². The van der Waals surface area contributed by atoms with E-state index >= 15 is 0 Å². The number of nitrogens with one attached hydrogen (secondary N) is 1. The third-order valence-corrected chi connectivity index (χ3v) is 8.19. The molecule has 204 valence electrons. The van der Waals surface area contributed by atoms with E-state index in [1.54, 1.807) is 4.90 Å². The molecule has 5 rings (SSSR count). The van der Waals surface area contributed by atoms with Crippen molar-refractivity contribution in [3.8, 4) is 5.75 Å². The van der Waals surface area contributed by atoms with Crippen LogP contribution in [0, 0.1) is 0 Å². The molecule has 2 atom stereocenters. The first-order valence-electron chi connectivity index (χ1n) is 13.2. The first kappa shape index (κ1) is 26.3. The maximum atomic E-state index is 13.4. The summed E-state index contributed by atoms with van der Waals surface area (Å²) >= 11 is 0. The van der Waals surface area contributed by atoms with Gasteiger partial charge in [-0.15, -0.1) is 13.2 Å². The van der Waals surface area contributed by atoms with Crippen molar-refractivity contribution in [1.82, 2.24) is 15.1 Å². The molecule has 0 spiro atoms. The van der Waals surface area contributed by atoms with Crippen LogP contribution in [0.5, 0.6) is 5.75 Å². The van der Waals surface area contributed by atoms with Crippen LogP contribution in [0.15, 0.2) is 48.5 Å². The van der Waals surface area contributed by atoms with Crippen LogP contribution in [0.3, 0.4) is 0 Å². The van der Waals surface area contributed by atoms with E-state index in [0.717, 1.165) is 50.9 Å². The molecule has 1 saturated carbocycles. The highest BCUT2D eigenvalue weighted by molar-refractivity contribution is 5.98. The van der Waals surface area contributed by atoms with Crippen LogP contribution in [0.4, 0.5) is 18.9 Å². The number of likely N-dealkylation sites (N-methyl/N-ethyl adjacent to an activating group) is 1. The lowest BCUT2D eigenvalue weighted by Gasteiger charge is -2.35. The van der Waals surface area contributed by atoms with Crippen molar-refractivity contribution in [3.05, 3.63) is 59.7 Å². The van der Waals surface area contributed by atoms with Crippen molar-refractivity contribution in [2.75, 3.05) is 44.2 Å². The van der Waals surface area contributed by atoms with Gasteiger partial charge in [-0.2, -0.15) is 0 Å². The Balaban J connectivity index is 1.27. The Labute approximate surface area is 220 Å². The molecule has 2 saturated heterocycles. The third kappa shape index (κ3) is 5.32. The predicted octanol–water partition coefficient (Wildman–Crippen LogP) is 4.29. The van der Waals surface area contributed by atoms with Gasteiger partial charge < -0.3 is 24.8 Å². The van der Waals surface area contributed by atoms with Crippen molar-refractivity contribution in [3.63, 3.8) is 0 Å². The van der Waals surface area contributed by atoms with Gasteiger partial charge in [0.15, 0.2) is 0 Å². The number of para-hydroxylation sites is 1. The third-order valence-electron chi connectivity index (χ3n) is 8.19. The Kier molecular flexibility index (Phi) is 7.26. The number of hydrogen-bond acceptors (Lipinski definition) is 5. The Morgan fingerprint density at radius 1 is 1.00 bits per heavy atom. The van der Waals surface area contributed by atoms with Crippen LogP contribution in [0.1, 0.15) is 53.3 Å². The van der Waals surface area contributed by atoms with Gasteiger partial charge in [0.25, 0.3) is 11.8 Å². The number of fused-ring (bicyclic) bond motifs is 1. The van der Waals surface area contributed by atoms with E-state index in [1.807, 2.05) is 24.3 Å². The molecule has 0 bridgehead atoms. The van der Waals surface area contributed by atoms with E-state index in [4.69, 9.17) is 0 Å². The Bertz CT molecular complexity index is 1160. The van der Waals surface area contributed by atoms with Crippen molar-refractivity contribution >= 4 is 17.5 Å². The molecule has 0 aromatic heterocycles. The molecular formula is C28H33F3N4O3. The summed E-state index contributed by atoms with van der Waals surface area (Å²) in [5, 5.41) is 3.21. The molecule has 2 heterocycles. The van der Waals surface area contributed by atoms with Crippen LogP contribution >= 0.6 is 0 Å². The van der Waals surface area contributed by atoms with Crippen molar-refractivity contribution in [1.29, 1.82) is 0 Å². The number of hydrogen-bond donors (Lipinski definition) is 1. The zero-order valence-corrected chi connectivity index (χ0v) is 21.5. The highest BCUT2D eigenvalue weighted by Gasteiger charge is 2.53. The molecule has 3 aliphatic rings. The fraction of sp³-hybridized carbons (Fsp3) is 0.500. The number of nitrogens with zero attached hydrogens (tertiary/aromatic N) is 3. The second-order valence-electron chi connectivity index (χ2n) is 10.3. The Morgan fingerprint density at radius 2 is 1.71 bits per heavy atom. The van der Waals surface area contributed by atoms with E-state index in [-0.39, 0.29) is 17.5 Å². The molecule has 38 heavy (non-hydrogen) atoms. The molecular weight excluding hydrogens is 497 g/mol. The lowest BCUT2D eigenvalue weighted by atomic mass is 9.92. The van der Waals surface area contributed by atoms with Crippen molar-refractivity contribution in [2.45, 2.75) is 50.6 Å². The number of halogens is 3. The highest BCUT2D eigenvalue weighted by atomic mass is 19.4. The maximum Gasteiger partial charge on any atom is 0.573 e. The fourth-order valence-corrected chi connectivity index (χ4v) is 6.18. The molecule has 2 aromatic rings. The SMILES string of the molecule is CCN1CCN(c2ccc(C(=O)N[C@@]34CCC[C@@H]3N(C(=O)c3ccccc3OC(F)(F)F)CC4)cc2)CC1. The summed E-state index contributed by atoms with van der Waals surface area (Å²) in [6, 6.07) is 12.7. The first-order chi connectivity index (χ1) is 18.2. The van der Waals surface area contributed by atoms with Crippen LogP contribution in [-0.4, -0.2) is 78.8 Å². The lowest BCUT2D eigenvalue weighted by Crippen LogP contribution is -2.54. The molecule has 0 unspecified atom stereocenters. The van der Waals surface area contributed by atoms with E-state index in [1.165, 1.54) is 18.2 Å². The molecule has 2 aromatic carbocycles. The van der Waals surface area contributed by atoms with Gasteiger partial charge in [-0.1, -0.05) is 19.1 Å². The summed E-state index contributed by atoms with van der Waals surface area (Å²) in [5.74, 6) is -1.23. The number of anilines is 1. The van der Waals surface area contributed by atoms with Crippen molar-refractivity contribution in [2.24, 2.45) is 0 Å². The fourth-order valence-electron chi connectivity index (χ4n) is 6.18. The lowest BCUT2D eigenvalue weighted by molar-refractivity contribution is -0.274. The molecule has 1 N–H and O–H groups in total. The average Bonchev–Trinajstić information content (AvgIpc) is 3.46. The number of benzene rings is 2. The van der Waals surface area contributed by atoms with Crippen LogP contribution in [0.2, 0.25) is 0 Å².